The molecule has 1 rings (SSSR count). The number of nitrogens with two attached hydrogens (primary N) is 1. The summed E-state index contributed by atoms with van der Waals surface area (Å²) < 4.78 is 22.0. The lowest BCUT2D eigenvalue weighted by atomic mass is 10.2. The van der Waals surface area contributed by atoms with Crippen LogP contribution in [0.4, 0.5) is 4.39 Å². The minimum Gasteiger partial charge on any atom is -0.497 e. The number of ether oxygens (including phenoxy) is 2. The first kappa shape index (κ1) is 12.1. The highest BCUT2D eigenvalue weighted by molar-refractivity contribution is 5.97. The molecule has 0 unspecified atom stereocenters. The summed E-state index contributed by atoms with van der Waals surface area (Å²) >= 11 is 0. The molecule has 0 aliphatic rings. The van der Waals surface area contributed by atoms with Crippen molar-refractivity contribution in [3.63, 3.8) is 0 Å². The van der Waals surface area contributed by atoms with E-state index < -0.39 is 6.67 Å². The molecule has 88 valence electrons. The summed E-state index contributed by atoms with van der Waals surface area (Å²) in [7, 11) is 1.48. The lowest BCUT2D eigenvalue weighted by Gasteiger charge is -2.08. The van der Waals surface area contributed by atoms with Crippen LogP contribution in [-0.4, -0.2) is 31.4 Å². The normalized spacial score (nSPS) is 11.2. The fraction of sp³-hybridized carbons (Fsp3) is 0.300. The fourth-order valence-electron chi connectivity index (χ4n) is 1.13. The number of hydrogen-bond donors (Lipinski definition) is 2. The summed E-state index contributed by atoms with van der Waals surface area (Å²) in [4.78, 5) is 0. The number of amidine groups is 1. The SMILES string of the molecule is COc1cc(OCCF)cc(/C(N)=N/O)c1. The second-order valence-electron chi connectivity index (χ2n) is 2.92. The first-order valence-corrected chi connectivity index (χ1v) is 4.57. The van der Waals surface area contributed by atoms with Gasteiger partial charge in [-0.1, -0.05) is 5.16 Å². The molecule has 16 heavy (non-hydrogen) atoms. The van der Waals surface area contributed by atoms with Gasteiger partial charge in [0.15, 0.2) is 5.84 Å². The Labute approximate surface area is 92.3 Å². The third-order valence-electron chi connectivity index (χ3n) is 1.87. The zero-order valence-corrected chi connectivity index (χ0v) is 8.81. The number of alkyl halides is 1. The number of methoxy groups -OCH3 is 1. The zero-order valence-electron chi connectivity index (χ0n) is 8.81. The maximum absolute atomic E-state index is 11.9. The Bertz CT molecular complexity index is 382. The van der Waals surface area contributed by atoms with Gasteiger partial charge in [-0.05, 0) is 12.1 Å². The molecule has 0 bridgehead atoms. The standard InChI is InChI=1S/C10H13FN2O3/c1-15-8-4-7(10(12)13-14)5-9(6-8)16-3-2-11/h4-6,14H,2-3H2,1H3,(H2,12,13). The number of halogens is 1. The van der Waals surface area contributed by atoms with E-state index in [2.05, 4.69) is 5.16 Å². The molecule has 0 aliphatic carbocycles. The van der Waals surface area contributed by atoms with E-state index >= 15 is 0 Å². The number of hydrogen-bond acceptors (Lipinski definition) is 4. The Kier molecular flexibility index (Phi) is 4.38. The van der Waals surface area contributed by atoms with Gasteiger partial charge in [0.25, 0.3) is 0 Å². The van der Waals surface area contributed by atoms with E-state index in [1.807, 2.05) is 0 Å². The van der Waals surface area contributed by atoms with Crippen molar-refractivity contribution in [3.8, 4) is 11.5 Å². The van der Waals surface area contributed by atoms with Crippen LogP contribution in [0, 0.1) is 0 Å². The van der Waals surface area contributed by atoms with Gasteiger partial charge in [0.1, 0.15) is 24.8 Å². The van der Waals surface area contributed by atoms with Crippen molar-refractivity contribution < 1.29 is 19.1 Å². The molecule has 0 saturated carbocycles. The third-order valence-corrected chi connectivity index (χ3v) is 1.87. The quantitative estimate of drug-likeness (QED) is 0.343. The van der Waals surface area contributed by atoms with E-state index in [4.69, 9.17) is 20.4 Å². The van der Waals surface area contributed by atoms with Gasteiger partial charge in [-0.25, -0.2) is 4.39 Å². The largest absolute Gasteiger partial charge is 0.497 e. The van der Waals surface area contributed by atoms with Crippen LogP contribution in [-0.2, 0) is 0 Å². The van der Waals surface area contributed by atoms with Crippen LogP contribution in [0.5, 0.6) is 11.5 Å². The lowest BCUT2D eigenvalue weighted by molar-refractivity contribution is 0.272. The van der Waals surface area contributed by atoms with Crippen molar-refractivity contribution in [2.24, 2.45) is 10.9 Å². The van der Waals surface area contributed by atoms with Gasteiger partial charge in [-0.2, -0.15) is 0 Å². The number of oxime groups is 1. The minimum absolute atomic E-state index is 0.0528. The molecule has 0 heterocycles. The summed E-state index contributed by atoms with van der Waals surface area (Å²) in [6, 6.07) is 4.70. The Morgan fingerprint density at radius 1 is 1.44 bits per heavy atom. The van der Waals surface area contributed by atoms with Crippen molar-refractivity contribution >= 4 is 5.84 Å². The molecule has 0 spiro atoms. The summed E-state index contributed by atoms with van der Waals surface area (Å²) in [6.45, 7) is -0.640. The highest BCUT2D eigenvalue weighted by Gasteiger charge is 2.06. The van der Waals surface area contributed by atoms with E-state index in [1.165, 1.54) is 13.2 Å². The zero-order chi connectivity index (χ0) is 12.0. The number of rotatable bonds is 5. The summed E-state index contributed by atoms with van der Waals surface area (Å²) in [5.74, 6) is 0.820. The summed E-state index contributed by atoms with van der Waals surface area (Å²) in [5, 5.41) is 11.4. The van der Waals surface area contributed by atoms with Gasteiger partial charge in [-0.15, -0.1) is 0 Å². The van der Waals surface area contributed by atoms with E-state index in [1.54, 1.807) is 12.1 Å². The Morgan fingerprint density at radius 3 is 2.69 bits per heavy atom. The smallest absolute Gasteiger partial charge is 0.170 e. The average molecular weight is 228 g/mol. The second-order valence-corrected chi connectivity index (χ2v) is 2.92. The Balaban J connectivity index is 3.01. The maximum atomic E-state index is 11.9. The van der Waals surface area contributed by atoms with E-state index in [0.717, 1.165) is 0 Å². The predicted octanol–water partition coefficient (Wildman–Crippen LogP) is 1.14. The molecular formula is C10H13FN2O3. The van der Waals surface area contributed by atoms with Crippen molar-refractivity contribution in [3.05, 3.63) is 23.8 Å². The summed E-state index contributed by atoms with van der Waals surface area (Å²) in [5.41, 5.74) is 5.87. The number of benzene rings is 1. The highest BCUT2D eigenvalue weighted by atomic mass is 19.1. The van der Waals surface area contributed by atoms with E-state index in [0.29, 0.717) is 17.1 Å². The van der Waals surface area contributed by atoms with Gasteiger partial charge in [0.2, 0.25) is 0 Å². The van der Waals surface area contributed by atoms with Crippen LogP contribution < -0.4 is 15.2 Å². The fourth-order valence-corrected chi connectivity index (χ4v) is 1.13. The summed E-state index contributed by atoms with van der Waals surface area (Å²) in [6.07, 6.45) is 0. The molecule has 0 saturated heterocycles. The van der Waals surface area contributed by atoms with Gasteiger partial charge < -0.3 is 20.4 Å². The van der Waals surface area contributed by atoms with Crippen LogP contribution >= 0.6 is 0 Å². The van der Waals surface area contributed by atoms with E-state index in [-0.39, 0.29) is 12.4 Å². The van der Waals surface area contributed by atoms with Gasteiger partial charge in [-0.3, -0.25) is 0 Å². The average Bonchev–Trinajstić information content (AvgIpc) is 2.34. The van der Waals surface area contributed by atoms with Crippen LogP contribution in [0.2, 0.25) is 0 Å². The third kappa shape index (κ3) is 3.01. The Hall–Kier alpha value is -1.98. The van der Waals surface area contributed by atoms with Gasteiger partial charge in [0, 0.05) is 11.6 Å². The molecule has 0 fully saturated rings. The van der Waals surface area contributed by atoms with Crippen molar-refractivity contribution in [1.29, 1.82) is 0 Å². The molecule has 3 N–H and O–H groups in total. The Morgan fingerprint density at radius 2 is 2.12 bits per heavy atom. The van der Waals surface area contributed by atoms with Gasteiger partial charge in [0.05, 0.1) is 7.11 Å². The van der Waals surface area contributed by atoms with Crippen LogP contribution in [0.3, 0.4) is 0 Å². The molecule has 0 amide bonds. The van der Waals surface area contributed by atoms with Crippen molar-refractivity contribution in [2.75, 3.05) is 20.4 Å². The van der Waals surface area contributed by atoms with Crippen LogP contribution in [0.25, 0.3) is 0 Å². The van der Waals surface area contributed by atoms with Crippen molar-refractivity contribution in [1.82, 2.24) is 0 Å². The molecule has 1 aromatic carbocycles. The molecule has 0 aromatic heterocycles. The molecule has 0 aliphatic heterocycles. The highest BCUT2D eigenvalue weighted by Crippen LogP contribution is 2.22. The minimum atomic E-state index is -0.587. The van der Waals surface area contributed by atoms with Crippen LogP contribution in [0.1, 0.15) is 5.56 Å². The molecule has 0 atom stereocenters. The molecule has 5 nitrogen and oxygen atoms in total. The van der Waals surface area contributed by atoms with Crippen LogP contribution in [0.15, 0.2) is 23.4 Å². The molecule has 6 heteroatoms. The van der Waals surface area contributed by atoms with E-state index in [9.17, 15) is 4.39 Å². The number of nitrogens with zero attached hydrogens (tertiary/aromatic N) is 1. The molecular weight excluding hydrogens is 215 g/mol. The maximum Gasteiger partial charge on any atom is 0.170 e. The van der Waals surface area contributed by atoms with Gasteiger partial charge >= 0.3 is 0 Å². The molecule has 1 aromatic rings. The first-order valence-electron chi connectivity index (χ1n) is 4.57. The topological polar surface area (TPSA) is 77.1 Å². The monoisotopic (exact) mass is 228 g/mol. The lowest BCUT2D eigenvalue weighted by Crippen LogP contribution is -2.13. The second kappa shape index (κ2) is 5.79. The first-order chi connectivity index (χ1) is 7.71. The van der Waals surface area contributed by atoms with Crippen molar-refractivity contribution in [2.45, 2.75) is 0 Å². The molecule has 0 radical (unpaired) electrons. The predicted molar refractivity (Wildman–Crippen MR) is 57.0 cm³/mol.